The van der Waals surface area contributed by atoms with E-state index in [-0.39, 0.29) is 0 Å². The van der Waals surface area contributed by atoms with Crippen LogP contribution in [0.15, 0.2) is 24.3 Å². The molecule has 0 aliphatic heterocycles. The zero-order chi connectivity index (χ0) is 14.5. The Hall–Kier alpha value is -1.77. The van der Waals surface area contributed by atoms with Gasteiger partial charge in [-0.15, -0.1) is 0 Å². The predicted molar refractivity (Wildman–Crippen MR) is 79.9 cm³/mol. The summed E-state index contributed by atoms with van der Waals surface area (Å²) in [5.41, 5.74) is 3.07. The van der Waals surface area contributed by atoms with Crippen LogP contribution in [0.4, 0.5) is 0 Å². The van der Waals surface area contributed by atoms with Gasteiger partial charge in [-0.3, -0.25) is 0 Å². The lowest BCUT2D eigenvalue weighted by molar-refractivity contribution is -0.131. The fourth-order valence-corrected chi connectivity index (χ4v) is 2.99. The van der Waals surface area contributed by atoms with E-state index in [1.165, 1.54) is 24.5 Å². The normalized spacial score (nSPS) is 16.4. The van der Waals surface area contributed by atoms with Gasteiger partial charge in [0.2, 0.25) is 0 Å². The van der Waals surface area contributed by atoms with E-state index < -0.39 is 5.97 Å². The molecule has 0 bridgehead atoms. The first-order chi connectivity index (χ1) is 9.65. The van der Waals surface area contributed by atoms with Gasteiger partial charge in [0.05, 0.1) is 7.11 Å². The van der Waals surface area contributed by atoms with E-state index in [1.807, 2.05) is 12.1 Å². The molecule has 1 aliphatic carbocycles. The van der Waals surface area contributed by atoms with Crippen molar-refractivity contribution in [2.45, 2.75) is 39.0 Å². The first kappa shape index (κ1) is 14.6. The molecule has 0 saturated heterocycles. The minimum atomic E-state index is -0.879. The van der Waals surface area contributed by atoms with E-state index in [2.05, 4.69) is 13.0 Å². The number of carboxylic acids is 1. The van der Waals surface area contributed by atoms with Crippen molar-refractivity contribution in [2.75, 3.05) is 7.11 Å². The molecule has 1 aromatic carbocycles. The van der Waals surface area contributed by atoms with Gasteiger partial charge in [0.15, 0.2) is 0 Å². The molecule has 1 aromatic rings. The molecule has 20 heavy (non-hydrogen) atoms. The maximum atomic E-state index is 11.2. The Kier molecular flexibility index (Phi) is 4.83. The average molecular weight is 274 g/mol. The molecule has 0 amide bonds. The van der Waals surface area contributed by atoms with Crippen LogP contribution in [0.25, 0.3) is 5.57 Å². The lowest BCUT2D eigenvalue weighted by Crippen LogP contribution is -2.04. The van der Waals surface area contributed by atoms with Crippen molar-refractivity contribution >= 4 is 11.5 Å². The van der Waals surface area contributed by atoms with Crippen LogP contribution in [0.5, 0.6) is 5.75 Å². The van der Waals surface area contributed by atoms with Gasteiger partial charge in [-0.1, -0.05) is 25.8 Å². The highest BCUT2D eigenvalue weighted by Gasteiger charge is 2.23. The topological polar surface area (TPSA) is 46.5 Å². The highest BCUT2D eigenvalue weighted by molar-refractivity contribution is 5.91. The van der Waals surface area contributed by atoms with E-state index in [4.69, 9.17) is 4.74 Å². The quantitative estimate of drug-likeness (QED) is 0.828. The molecule has 2 rings (SSSR count). The number of hydrogen-bond acceptors (Lipinski definition) is 2. The van der Waals surface area contributed by atoms with Crippen LogP contribution in [0, 0.1) is 5.92 Å². The van der Waals surface area contributed by atoms with Crippen LogP contribution in [0.3, 0.4) is 0 Å². The highest BCUT2D eigenvalue weighted by atomic mass is 16.5. The summed E-state index contributed by atoms with van der Waals surface area (Å²) in [6.45, 7) is 2.10. The summed E-state index contributed by atoms with van der Waals surface area (Å²) >= 11 is 0. The molecular weight excluding hydrogens is 252 g/mol. The predicted octanol–water partition coefficient (Wildman–Crippen LogP) is 3.92. The van der Waals surface area contributed by atoms with E-state index in [9.17, 15) is 9.90 Å². The molecule has 0 radical (unpaired) electrons. The lowest BCUT2D eigenvalue weighted by Gasteiger charge is -2.18. The molecule has 108 valence electrons. The fourth-order valence-electron chi connectivity index (χ4n) is 2.99. The van der Waals surface area contributed by atoms with Crippen molar-refractivity contribution in [3.63, 3.8) is 0 Å². The molecule has 0 heterocycles. The third-order valence-corrected chi connectivity index (χ3v) is 4.06. The molecule has 0 aromatic heterocycles. The molecule has 3 nitrogen and oxygen atoms in total. The van der Waals surface area contributed by atoms with Gasteiger partial charge >= 0.3 is 5.97 Å². The van der Waals surface area contributed by atoms with Gasteiger partial charge in [0, 0.05) is 11.6 Å². The van der Waals surface area contributed by atoms with E-state index in [0.29, 0.717) is 5.92 Å². The number of aryl methyl sites for hydroxylation is 1. The Morgan fingerprint density at radius 1 is 1.40 bits per heavy atom. The van der Waals surface area contributed by atoms with Gasteiger partial charge in [-0.2, -0.15) is 0 Å². The van der Waals surface area contributed by atoms with Gasteiger partial charge in [-0.25, -0.2) is 4.79 Å². The number of benzene rings is 1. The van der Waals surface area contributed by atoms with Crippen molar-refractivity contribution in [1.82, 2.24) is 0 Å². The number of ether oxygens (including phenoxy) is 1. The molecule has 1 N–H and O–H groups in total. The number of allylic oxidation sites excluding steroid dienone is 1. The second-order valence-electron chi connectivity index (χ2n) is 5.31. The molecule has 1 fully saturated rings. The number of rotatable bonds is 5. The smallest absolute Gasteiger partial charge is 0.328 e. The number of carbonyl (C=O) groups is 1. The summed E-state index contributed by atoms with van der Waals surface area (Å²) in [5.74, 6) is 0.226. The largest absolute Gasteiger partial charge is 0.496 e. The van der Waals surface area contributed by atoms with Gasteiger partial charge in [0.25, 0.3) is 0 Å². The minimum Gasteiger partial charge on any atom is -0.496 e. The summed E-state index contributed by atoms with van der Waals surface area (Å²) in [6.07, 6.45) is 6.79. The summed E-state index contributed by atoms with van der Waals surface area (Å²) < 4.78 is 5.43. The van der Waals surface area contributed by atoms with Gasteiger partial charge < -0.3 is 9.84 Å². The average Bonchev–Trinajstić information content (AvgIpc) is 2.97. The van der Waals surface area contributed by atoms with E-state index >= 15 is 0 Å². The first-order valence-corrected chi connectivity index (χ1v) is 7.27. The standard InChI is InChI=1S/C17H22O3/c1-3-12-8-9-16(20-2)15(10-12)14(11-17(18)19)13-6-4-5-7-13/h8-11,13H,3-7H2,1-2H3,(H,18,19)/b14-11+. The molecule has 0 spiro atoms. The van der Waals surface area contributed by atoms with Crippen LogP contribution >= 0.6 is 0 Å². The maximum absolute atomic E-state index is 11.2. The molecule has 3 heteroatoms. The summed E-state index contributed by atoms with van der Waals surface area (Å²) in [4.78, 5) is 11.2. The Morgan fingerprint density at radius 3 is 2.65 bits per heavy atom. The fraction of sp³-hybridized carbons (Fsp3) is 0.471. The lowest BCUT2D eigenvalue weighted by atomic mass is 9.89. The van der Waals surface area contributed by atoms with E-state index in [1.54, 1.807) is 7.11 Å². The van der Waals surface area contributed by atoms with Gasteiger partial charge in [-0.05, 0) is 48.4 Å². The number of methoxy groups -OCH3 is 1. The first-order valence-electron chi connectivity index (χ1n) is 7.27. The zero-order valence-corrected chi connectivity index (χ0v) is 12.2. The monoisotopic (exact) mass is 274 g/mol. The minimum absolute atomic E-state index is 0.340. The van der Waals surface area contributed by atoms with Crippen LogP contribution in [-0.2, 0) is 11.2 Å². The van der Waals surface area contributed by atoms with Crippen LogP contribution in [0.1, 0.15) is 43.7 Å². The third-order valence-electron chi connectivity index (χ3n) is 4.06. The van der Waals surface area contributed by atoms with E-state index in [0.717, 1.165) is 36.1 Å². The summed E-state index contributed by atoms with van der Waals surface area (Å²) in [6, 6.07) is 6.06. The van der Waals surface area contributed by atoms with Crippen molar-refractivity contribution in [1.29, 1.82) is 0 Å². The van der Waals surface area contributed by atoms with Crippen LogP contribution < -0.4 is 4.74 Å². The Morgan fingerprint density at radius 2 is 2.10 bits per heavy atom. The molecule has 0 atom stereocenters. The van der Waals surface area contributed by atoms with Gasteiger partial charge in [0.1, 0.15) is 5.75 Å². The van der Waals surface area contributed by atoms with Crippen LogP contribution in [0.2, 0.25) is 0 Å². The molecule has 1 aliphatic rings. The van der Waals surface area contributed by atoms with Crippen molar-refractivity contribution < 1.29 is 14.6 Å². The van der Waals surface area contributed by atoms with Crippen molar-refractivity contribution in [2.24, 2.45) is 5.92 Å². The van der Waals surface area contributed by atoms with Crippen molar-refractivity contribution in [3.05, 3.63) is 35.4 Å². The summed E-state index contributed by atoms with van der Waals surface area (Å²) in [7, 11) is 1.64. The highest BCUT2D eigenvalue weighted by Crippen LogP contribution is 2.40. The van der Waals surface area contributed by atoms with Crippen molar-refractivity contribution in [3.8, 4) is 5.75 Å². The SMILES string of the molecule is CCc1ccc(OC)c(/C(=C/C(=O)O)C2CCCC2)c1. The Balaban J connectivity index is 2.49. The number of carboxylic acid groups (broad SMARTS) is 1. The molecule has 1 saturated carbocycles. The van der Waals surface area contributed by atoms with Crippen LogP contribution in [-0.4, -0.2) is 18.2 Å². The molecule has 0 unspecified atom stereocenters. The Bertz CT molecular complexity index is 511. The number of hydrogen-bond donors (Lipinski definition) is 1. The maximum Gasteiger partial charge on any atom is 0.328 e. The summed E-state index contributed by atoms with van der Waals surface area (Å²) in [5, 5.41) is 9.18. The second-order valence-corrected chi connectivity index (χ2v) is 5.31. The Labute approximate surface area is 120 Å². The second kappa shape index (κ2) is 6.60. The number of aliphatic carboxylic acids is 1. The zero-order valence-electron chi connectivity index (χ0n) is 12.2. The molecular formula is C17H22O3. The third kappa shape index (κ3) is 3.21.